The summed E-state index contributed by atoms with van der Waals surface area (Å²) < 4.78 is 0. The lowest BCUT2D eigenvalue weighted by Crippen LogP contribution is -2.43. The topological polar surface area (TPSA) is 41.1 Å². The largest absolute Gasteiger partial charge is 0.367 e. The molecule has 1 N–H and O–H groups in total. The van der Waals surface area contributed by atoms with E-state index in [1.807, 2.05) is 6.92 Å². The number of anilines is 1. The molecule has 94 valence electrons. The Kier molecular flexibility index (Phi) is 3.84. The van der Waals surface area contributed by atoms with Gasteiger partial charge in [0.1, 0.15) is 17.3 Å². The van der Waals surface area contributed by atoms with E-state index in [9.17, 15) is 0 Å². The quantitative estimate of drug-likeness (QED) is 0.822. The molecule has 4 nitrogen and oxygen atoms in total. The van der Waals surface area contributed by atoms with Crippen LogP contribution in [-0.4, -0.2) is 41.0 Å². The summed E-state index contributed by atoms with van der Waals surface area (Å²) in [5, 5.41) is 4.03. The Morgan fingerprint density at radius 2 is 2.24 bits per heavy atom. The Hall–Kier alpha value is -0.870. The second-order valence-electron chi connectivity index (χ2n) is 4.92. The summed E-state index contributed by atoms with van der Waals surface area (Å²) in [5.41, 5.74) is 0.931. The van der Waals surface area contributed by atoms with E-state index in [-0.39, 0.29) is 0 Å². The van der Waals surface area contributed by atoms with Crippen LogP contribution in [0.3, 0.4) is 0 Å². The highest BCUT2D eigenvalue weighted by atomic mass is 35.5. The number of aromatic nitrogens is 2. The highest BCUT2D eigenvalue weighted by Crippen LogP contribution is 2.23. The molecule has 2 rings (SSSR count). The van der Waals surface area contributed by atoms with Gasteiger partial charge < -0.3 is 10.2 Å². The van der Waals surface area contributed by atoms with Gasteiger partial charge in [-0.2, -0.15) is 0 Å². The number of likely N-dealkylation sites (tertiary alicyclic amines) is 1. The molecule has 2 unspecified atom stereocenters. The van der Waals surface area contributed by atoms with Crippen molar-refractivity contribution in [1.82, 2.24) is 14.9 Å². The minimum Gasteiger partial charge on any atom is -0.367 e. The first-order valence-electron chi connectivity index (χ1n) is 6.00. The van der Waals surface area contributed by atoms with Gasteiger partial charge in [0.15, 0.2) is 0 Å². The maximum Gasteiger partial charge on any atom is 0.137 e. The lowest BCUT2D eigenvalue weighted by Gasteiger charge is -2.35. The van der Waals surface area contributed by atoms with Crippen molar-refractivity contribution in [2.24, 2.45) is 5.92 Å². The van der Waals surface area contributed by atoms with E-state index in [1.165, 1.54) is 6.33 Å². The van der Waals surface area contributed by atoms with E-state index in [0.29, 0.717) is 17.1 Å². The molecule has 0 bridgehead atoms. The maximum atomic E-state index is 5.99. The van der Waals surface area contributed by atoms with Crippen LogP contribution < -0.4 is 5.32 Å². The zero-order valence-electron chi connectivity index (χ0n) is 10.6. The van der Waals surface area contributed by atoms with Crippen molar-refractivity contribution in [2.45, 2.75) is 26.3 Å². The first-order valence-corrected chi connectivity index (χ1v) is 6.38. The van der Waals surface area contributed by atoms with E-state index >= 15 is 0 Å². The Morgan fingerprint density at radius 3 is 2.94 bits per heavy atom. The van der Waals surface area contributed by atoms with Gasteiger partial charge in [0.25, 0.3) is 0 Å². The van der Waals surface area contributed by atoms with Crippen LogP contribution in [0.4, 0.5) is 5.82 Å². The third kappa shape index (κ3) is 2.87. The molecule has 0 spiro atoms. The zero-order valence-corrected chi connectivity index (χ0v) is 11.3. The average molecular weight is 255 g/mol. The van der Waals surface area contributed by atoms with Crippen LogP contribution >= 0.6 is 11.6 Å². The molecule has 17 heavy (non-hydrogen) atoms. The molecule has 0 radical (unpaired) electrons. The molecule has 2 atom stereocenters. The van der Waals surface area contributed by atoms with Crippen LogP contribution in [-0.2, 0) is 0 Å². The SMILES string of the molecule is Cc1c(Cl)ncnc1NC1CCN(C)CC1C. The molecule has 5 heteroatoms. The van der Waals surface area contributed by atoms with Crippen LogP contribution in [0.2, 0.25) is 5.15 Å². The van der Waals surface area contributed by atoms with Crippen LogP contribution in [0, 0.1) is 12.8 Å². The normalized spacial score (nSPS) is 25.9. The van der Waals surface area contributed by atoms with Crippen LogP contribution in [0.15, 0.2) is 6.33 Å². The predicted molar refractivity (Wildman–Crippen MR) is 70.5 cm³/mol. The standard InChI is InChI=1S/C12H19ClN4/c1-8-6-17(3)5-4-10(8)16-12-9(2)11(13)14-7-15-12/h7-8,10H,4-6H2,1-3H3,(H,14,15,16). The Morgan fingerprint density at radius 1 is 1.47 bits per heavy atom. The predicted octanol–water partition coefficient (Wildman–Crippen LogP) is 2.19. The highest BCUT2D eigenvalue weighted by Gasteiger charge is 2.24. The first kappa shape index (κ1) is 12.6. The van der Waals surface area contributed by atoms with Gasteiger partial charge in [0.05, 0.1) is 0 Å². The summed E-state index contributed by atoms with van der Waals surface area (Å²) >= 11 is 5.99. The van der Waals surface area contributed by atoms with Gasteiger partial charge in [0.2, 0.25) is 0 Å². The monoisotopic (exact) mass is 254 g/mol. The molecule has 1 aromatic rings. The number of nitrogens with one attached hydrogen (secondary N) is 1. The van der Waals surface area contributed by atoms with Crippen LogP contribution in [0.5, 0.6) is 0 Å². The second-order valence-corrected chi connectivity index (χ2v) is 5.28. The average Bonchev–Trinajstić information content (AvgIpc) is 2.28. The third-order valence-electron chi connectivity index (χ3n) is 3.45. The zero-order chi connectivity index (χ0) is 12.4. The first-order chi connectivity index (χ1) is 8.08. The fourth-order valence-electron chi connectivity index (χ4n) is 2.32. The van der Waals surface area contributed by atoms with Gasteiger partial charge in [0, 0.05) is 18.2 Å². The van der Waals surface area contributed by atoms with Gasteiger partial charge in [-0.15, -0.1) is 0 Å². The van der Waals surface area contributed by atoms with Gasteiger partial charge in [-0.3, -0.25) is 0 Å². The third-order valence-corrected chi connectivity index (χ3v) is 3.83. The molecule has 1 aromatic heterocycles. The van der Waals surface area contributed by atoms with Crippen molar-refractivity contribution < 1.29 is 0 Å². The lowest BCUT2D eigenvalue weighted by atomic mass is 9.94. The lowest BCUT2D eigenvalue weighted by molar-refractivity contribution is 0.206. The van der Waals surface area contributed by atoms with Crippen LogP contribution in [0.1, 0.15) is 18.9 Å². The van der Waals surface area contributed by atoms with Gasteiger partial charge in [-0.05, 0) is 32.9 Å². The van der Waals surface area contributed by atoms with E-state index in [4.69, 9.17) is 11.6 Å². The second kappa shape index (κ2) is 5.19. The molecule has 0 amide bonds. The smallest absolute Gasteiger partial charge is 0.137 e. The van der Waals surface area contributed by atoms with Crippen molar-refractivity contribution >= 4 is 17.4 Å². The molecular weight excluding hydrogens is 236 g/mol. The Bertz CT molecular complexity index is 396. The molecule has 0 saturated carbocycles. The fraction of sp³-hybridized carbons (Fsp3) is 0.667. The summed E-state index contributed by atoms with van der Waals surface area (Å²) in [6.07, 6.45) is 2.65. The number of halogens is 1. The highest BCUT2D eigenvalue weighted by molar-refractivity contribution is 6.30. The van der Waals surface area contributed by atoms with Gasteiger partial charge >= 0.3 is 0 Å². The molecule has 0 aromatic carbocycles. The summed E-state index contributed by atoms with van der Waals surface area (Å²) in [6.45, 7) is 6.46. The van der Waals surface area contributed by atoms with Crippen molar-refractivity contribution in [3.8, 4) is 0 Å². The van der Waals surface area contributed by atoms with Gasteiger partial charge in [-0.25, -0.2) is 9.97 Å². The number of nitrogens with zero attached hydrogens (tertiary/aromatic N) is 3. The number of rotatable bonds is 2. The molecule has 1 fully saturated rings. The van der Waals surface area contributed by atoms with E-state index in [2.05, 4.69) is 34.2 Å². The summed E-state index contributed by atoms with van der Waals surface area (Å²) in [7, 11) is 2.17. The molecule has 1 aliphatic heterocycles. The maximum absolute atomic E-state index is 5.99. The van der Waals surface area contributed by atoms with Crippen molar-refractivity contribution in [1.29, 1.82) is 0 Å². The van der Waals surface area contributed by atoms with Crippen LogP contribution in [0.25, 0.3) is 0 Å². The molecule has 1 aliphatic rings. The summed E-state index contributed by atoms with van der Waals surface area (Å²) in [4.78, 5) is 10.6. The number of piperidine rings is 1. The minimum absolute atomic E-state index is 0.468. The molecular formula is C12H19ClN4. The number of hydrogen-bond donors (Lipinski definition) is 1. The minimum atomic E-state index is 0.468. The van der Waals surface area contributed by atoms with Gasteiger partial charge in [-0.1, -0.05) is 18.5 Å². The van der Waals surface area contributed by atoms with Crippen molar-refractivity contribution in [3.05, 3.63) is 17.0 Å². The number of hydrogen-bond acceptors (Lipinski definition) is 4. The Balaban J connectivity index is 2.08. The van der Waals surface area contributed by atoms with Crippen molar-refractivity contribution in [3.63, 3.8) is 0 Å². The van der Waals surface area contributed by atoms with E-state index < -0.39 is 0 Å². The summed E-state index contributed by atoms with van der Waals surface area (Å²) in [5.74, 6) is 1.48. The van der Waals surface area contributed by atoms with E-state index in [0.717, 1.165) is 30.9 Å². The molecule has 0 aliphatic carbocycles. The molecule has 1 saturated heterocycles. The summed E-state index contributed by atoms with van der Waals surface area (Å²) in [6, 6.07) is 0.468. The Labute approximate surface area is 107 Å². The van der Waals surface area contributed by atoms with Crippen molar-refractivity contribution in [2.75, 3.05) is 25.5 Å². The van der Waals surface area contributed by atoms with E-state index in [1.54, 1.807) is 0 Å². The fourth-order valence-corrected chi connectivity index (χ4v) is 2.45. The molecule has 2 heterocycles.